The molecule has 2 atom stereocenters. The smallest absolute Gasteiger partial charge is 0.412 e. The lowest BCUT2D eigenvalue weighted by molar-refractivity contribution is 0.197. The van der Waals surface area contributed by atoms with Gasteiger partial charge in [-0.2, -0.15) is 0 Å². The van der Waals surface area contributed by atoms with E-state index in [9.17, 15) is 9.90 Å². The van der Waals surface area contributed by atoms with E-state index >= 15 is 0 Å². The summed E-state index contributed by atoms with van der Waals surface area (Å²) in [5.41, 5.74) is 6.82. The molecule has 0 spiro atoms. The highest BCUT2D eigenvalue weighted by molar-refractivity contribution is 5.86. The van der Waals surface area contributed by atoms with E-state index in [2.05, 4.69) is 6.08 Å². The van der Waals surface area contributed by atoms with Gasteiger partial charge in [0, 0.05) is 11.7 Å². The molecule has 4 nitrogen and oxygen atoms in total. The van der Waals surface area contributed by atoms with E-state index in [1.54, 1.807) is 0 Å². The van der Waals surface area contributed by atoms with Gasteiger partial charge in [-0.3, -0.25) is 4.90 Å². The average Bonchev–Trinajstić information content (AvgIpc) is 2.39. The van der Waals surface area contributed by atoms with E-state index in [1.165, 1.54) is 4.90 Å². The third-order valence-corrected chi connectivity index (χ3v) is 3.50. The average molecular weight is 260 g/mol. The number of rotatable bonds is 2. The molecule has 0 bridgehead atoms. The van der Waals surface area contributed by atoms with E-state index in [4.69, 9.17) is 5.73 Å². The molecule has 19 heavy (non-hydrogen) atoms. The van der Waals surface area contributed by atoms with Crippen LogP contribution in [0.25, 0.3) is 0 Å². The number of carbonyl (C=O) groups is 1. The maximum atomic E-state index is 11.6. The van der Waals surface area contributed by atoms with Crippen LogP contribution in [-0.2, 0) is 0 Å². The molecule has 1 amide bonds. The number of anilines is 1. The van der Waals surface area contributed by atoms with Crippen molar-refractivity contribution >= 4 is 11.8 Å². The van der Waals surface area contributed by atoms with Crippen LogP contribution in [-0.4, -0.2) is 23.3 Å². The third-order valence-electron chi connectivity index (χ3n) is 3.50. The van der Waals surface area contributed by atoms with Gasteiger partial charge in [-0.1, -0.05) is 36.8 Å². The number of hydrogen-bond acceptors (Lipinski definition) is 2. The first-order valence-electron chi connectivity index (χ1n) is 6.69. The number of carboxylic acid groups (broad SMARTS) is 1. The van der Waals surface area contributed by atoms with Gasteiger partial charge in [-0.05, 0) is 31.4 Å². The summed E-state index contributed by atoms with van der Waals surface area (Å²) in [5.74, 6) is 0. The minimum atomic E-state index is -0.944. The summed E-state index contributed by atoms with van der Waals surface area (Å²) in [4.78, 5) is 13.0. The predicted octanol–water partition coefficient (Wildman–Crippen LogP) is 3.00. The van der Waals surface area contributed by atoms with Crippen molar-refractivity contribution in [3.05, 3.63) is 42.5 Å². The number of nitrogens with two attached hydrogens (primary N) is 1. The van der Waals surface area contributed by atoms with Gasteiger partial charge in [0.05, 0.1) is 6.04 Å². The Kier molecular flexibility index (Phi) is 4.58. The minimum absolute atomic E-state index is 0.198. The van der Waals surface area contributed by atoms with Crippen LogP contribution in [0.2, 0.25) is 0 Å². The SMILES string of the molecule is NC1C=CCCCCC1N(C(=O)O)c1ccccc1. The molecule has 3 N–H and O–H groups in total. The number of allylic oxidation sites excluding steroid dienone is 1. The number of para-hydroxylation sites is 1. The molecule has 1 aromatic carbocycles. The van der Waals surface area contributed by atoms with Crippen LogP contribution in [0.5, 0.6) is 0 Å². The summed E-state index contributed by atoms with van der Waals surface area (Å²) < 4.78 is 0. The molecule has 102 valence electrons. The summed E-state index contributed by atoms with van der Waals surface area (Å²) in [7, 11) is 0. The fourth-order valence-electron chi connectivity index (χ4n) is 2.52. The fraction of sp³-hybridized carbons (Fsp3) is 0.400. The summed E-state index contributed by atoms with van der Waals surface area (Å²) >= 11 is 0. The molecule has 1 aliphatic rings. The van der Waals surface area contributed by atoms with Crippen LogP contribution in [0.15, 0.2) is 42.5 Å². The second-order valence-electron chi connectivity index (χ2n) is 4.85. The van der Waals surface area contributed by atoms with E-state index in [0.29, 0.717) is 5.69 Å². The number of benzene rings is 1. The highest BCUT2D eigenvalue weighted by Gasteiger charge is 2.28. The Morgan fingerprint density at radius 2 is 2.00 bits per heavy atom. The zero-order valence-electron chi connectivity index (χ0n) is 10.9. The second kappa shape index (κ2) is 6.38. The quantitative estimate of drug-likeness (QED) is 0.803. The van der Waals surface area contributed by atoms with Crippen LogP contribution >= 0.6 is 0 Å². The molecule has 0 saturated carbocycles. The summed E-state index contributed by atoms with van der Waals surface area (Å²) in [6.07, 6.45) is 6.96. The highest BCUT2D eigenvalue weighted by atomic mass is 16.4. The molecule has 2 unspecified atom stereocenters. The van der Waals surface area contributed by atoms with Gasteiger partial charge in [0.1, 0.15) is 0 Å². The van der Waals surface area contributed by atoms with Crippen LogP contribution in [0.4, 0.5) is 10.5 Å². The van der Waals surface area contributed by atoms with Gasteiger partial charge in [0.15, 0.2) is 0 Å². The molecule has 0 fully saturated rings. The van der Waals surface area contributed by atoms with E-state index in [0.717, 1.165) is 25.7 Å². The van der Waals surface area contributed by atoms with Gasteiger partial charge in [0.25, 0.3) is 0 Å². The van der Waals surface area contributed by atoms with E-state index in [1.807, 2.05) is 36.4 Å². The van der Waals surface area contributed by atoms with Crippen molar-refractivity contribution in [2.24, 2.45) is 5.73 Å². The molecule has 2 rings (SSSR count). The van der Waals surface area contributed by atoms with E-state index in [-0.39, 0.29) is 12.1 Å². The number of hydrogen-bond donors (Lipinski definition) is 2. The Bertz CT molecular complexity index is 445. The van der Waals surface area contributed by atoms with Crippen molar-refractivity contribution in [2.75, 3.05) is 4.90 Å². The number of amides is 1. The molecule has 0 saturated heterocycles. The maximum absolute atomic E-state index is 11.6. The molecule has 1 aliphatic carbocycles. The largest absolute Gasteiger partial charge is 0.465 e. The normalized spacial score (nSPS) is 23.4. The number of nitrogens with zero attached hydrogens (tertiary/aromatic N) is 1. The predicted molar refractivity (Wildman–Crippen MR) is 76.3 cm³/mol. The van der Waals surface area contributed by atoms with Gasteiger partial charge >= 0.3 is 6.09 Å². The summed E-state index contributed by atoms with van der Waals surface area (Å²) in [5, 5.41) is 9.51. The Balaban J connectivity index is 2.29. The van der Waals surface area contributed by atoms with Crippen molar-refractivity contribution in [2.45, 2.75) is 37.8 Å². The Hall–Kier alpha value is -1.81. The summed E-state index contributed by atoms with van der Waals surface area (Å²) in [6, 6.07) is 8.73. The zero-order chi connectivity index (χ0) is 13.7. The molecule has 0 aromatic heterocycles. The van der Waals surface area contributed by atoms with Gasteiger partial charge in [-0.15, -0.1) is 0 Å². The molecular formula is C15H20N2O2. The van der Waals surface area contributed by atoms with E-state index < -0.39 is 6.09 Å². The fourth-order valence-corrected chi connectivity index (χ4v) is 2.52. The Labute approximate surface area is 113 Å². The van der Waals surface area contributed by atoms with Crippen LogP contribution in [0, 0.1) is 0 Å². The van der Waals surface area contributed by atoms with Crippen LogP contribution in [0.3, 0.4) is 0 Å². The van der Waals surface area contributed by atoms with Crippen LogP contribution < -0.4 is 10.6 Å². The lowest BCUT2D eigenvalue weighted by atomic mass is 9.96. The van der Waals surface area contributed by atoms with Crippen molar-refractivity contribution in [3.8, 4) is 0 Å². The first-order chi connectivity index (χ1) is 9.20. The molecular weight excluding hydrogens is 240 g/mol. The Morgan fingerprint density at radius 1 is 1.26 bits per heavy atom. The Morgan fingerprint density at radius 3 is 2.68 bits per heavy atom. The molecule has 4 heteroatoms. The lowest BCUT2D eigenvalue weighted by Gasteiger charge is -2.33. The van der Waals surface area contributed by atoms with Crippen molar-refractivity contribution in [1.82, 2.24) is 0 Å². The first-order valence-corrected chi connectivity index (χ1v) is 6.69. The standard InChI is InChI=1S/C15H20N2O2/c16-13-10-6-1-2-7-11-14(13)17(15(18)19)12-8-4-3-5-9-12/h3-6,8-10,13-14H,1-2,7,11,16H2,(H,18,19). The molecule has 0 aliphatic heterocycles. The third kappa shape index (κ3) is 3.35. The first kappa shape index (κ1) is 13.6. The molecule has 0 heterocycles. The molecule has 0 radical (unpaired) electrons. The highest BCUT2D eigenvalue weighted by Crippen LogP contribution is 2.23. The maximum Gasteiger partial charge on any atom is 0.412 e. The monoisotopic (exact) mass is 260 g/mol. The van der Waals surface area contributed by atoms with Crippen molar-refractivity contribution in [3.63, 3.8) is 0 Å². The summed E-state index contributed by atoms with van der Waals surface area (Å²) in [6.45, 7) is 0. The van der Waals surface area contributed by atoms with Gasteiger partial charge in [0.2, 0.25) is 0 Å². The van der Waals surface area contributed by atoms with Crippen molar-refractivity contribution in [1.29, 1.82) is 0 Å². The molecule has 1 aromatic rings. The second-order valence-corrected chi connectivity index (χ2v) is 4.85. The van der Waals surface area contributed by atoms with Gasteiger partial charge < -0.3 is 10.8 Å². The lowest BCUT2D eigenvalue weighted by Crippen LogP contribution is -2.50. The van der Waals surface area contributed by atoms with Gasteiger partial charge in [-0.25, -0.2) is 4.79 Å². The zero-order valence-corrected chi connectivity index (χ0v) is 10.9. The minimum Gasteiger partial charge on any atom is -0.465 e. The topological polar surface area (TPSA) is 66.6 Å². The van der Waals surface area contributed by atoms with Crippen molar-refractivity contribution < 1.29 is 9.90 Å². The van der Waals surface area contributed by atoms with Crippen LogP contribution in [0.1, 0.15) is 25.7 Å².